The van der Waals surface area contributed by atoms with Crippen molar-refractivity contribution in [2.75, 3.05) is 0 Å². The third-order valence-corrected chi connectivity index (χ3v) is 9.14. The zero-order valence-corrected chi connectivity index (χ0v) is 31.0. The van der Waals surface area contributed by atoms with Gasteiger partial charge in [-0.1, -0.05) is 51.3 Å². The van der Waals surface area contributed by atoms with Gasteiger partial charge in [0.25, 0.3) is 0 Å². The highest BCUT2D eigenvalue weighted by Crippen LogP contribution is 2.35. The van der Waals surface area contributed by atoms with Crippen LogP contribution in [0.2, 0.25) is 10.0 Å². The number of hydrogen-bond acceptors (Lipinski definition) is 3. The quantitative estimate of drug-likeness (QED) is 0.110. The number of carboxylic acids is 1. The minimum Gasteiger partial charge on any atom is -0.489 e. The number of carboxylic acid groups (broad SMARTS) is 1. The van der Waals surface area contributed by atoms with Gasteiger partial charge in [0.05, 0.1) is 23.2 Å². The van der Waals surface area contributed by atoms with Crippen molar-refractivity contribution in [2.45, 2.75) is 37.4 Å². The summed E-state index contributed by atoms with van der Waals surface area (Å²) in [7, 11) is 0. The third kappa shape index (κ3) is 10.7. The molecule has 5 aromatic carbocycles. The standard InChI is InChI=1S/C24H16ClF4NO3.C15H10BrClF4O/c25-18-3-6-22(33-13-16-1-4-19(26)11-20(16)24(27,28)29)17(10-18)12-30-8-7-14-9-15(23(31)32)2-5-21(14)30;16-7-10-5-11(17)2-4-14(10)22-8-9-1-3-12(18)6-13(9)15(19,20)21/h1-11H,12-13H2,(H,31,32);1-6H,7-8H2. The normalized spacial score (nSPS) is 11.6. The number of aromatic carboxylic acids is 1. The predicted octanol–water partition coefficient (Wildman–Crippen LogP) is 12.7. The Kier molecular flexibility index (Phi) is 13.0. The van der Waals surface area contributed by atoms with Crippen LogP contribution < -0.4 is 9.47 Å². The molecule has 1 aromatic heterocycles. The summed E-state index contributed by atoms with van der Waals surface area (Å²) in [4.78, 5) is 11.2. The molecule has 6 rings (SSSR count). The minimum absolute atomic E-state index is 0.135. The highest BCUT2D eigenvalue weighted by molar-refractivity contribution is 9.08. The molecular formula is C39H26BrCl2F8NO4. The smallest absolute Gasteiger partial charge is 0.416 e. The lowest BCUT2D eigenvalue weighted by Crippen LogP contribution is -2.12. The number of hydrogen-bond donors (Lipinski definition) is 1. The van der Waals surface area contributed by atoms with E-state index in [4.69, 9.17) is 37.8 Å². The lowest BCUT2D eigenvalue weighted by molar-refractivity contribution is -0.139. The summed E-state index contributed by atoms with van der Waals surface area (Å²) in [6, 6.07) is 21.0. The SMILES string of the molecule is Fc1ccc(COc2ccc(Cl)cc2CBr)c(C(F)(F)F)c1.O=C(O)c1ccc2c(ccn2Cc2cc(Cl)ccc2OCc2ccc(F)cc2C(F)(F)F)c1. The van der Waals surface area contributed by atoms with E-state index in [2.05, 4.69) is 15.9 Å². The molecule has 5 nitrogen and oxygen atoms in total. The molecule has 0 radical (unpaired) electrons. The van der Waals surface area contributed by atoms with Crippen LogP contribution in [-0.4, -0.2) is 15.6 Å². The first-order chi connectivity index (χ1) is 25.9. The highest BCUT2D eigenvalue weighted by Gasteiger charge is 2.35. The van der Waals surface area contributed by atoms with Crippen LogP contribution in [0.15, 0.2) is 103 Å². The average Bonchev–Trinajstić information content (AvgIpc) is 3.52. The monoisotopic (exact) mass is 873 g/mol. The van der Waals surface area contributed by atoms with E-state index in [1.54, 1.807) is 60.8 Å². The summed E-state index contributed by atoms with van der Waals surface area (Å²) < 4.78 is 118. The molecule has 0 amide bonds. The minimum atomic E-state index is -4.72. The Bertz CT molecular complexity index is 2330. The van der Waals surface area contributed by atoms with E-state index in [1.807, 2.05) is 4.57 Å². The molecule has 6 aromatic rings. The number of fused-ring (bicyclic) bond motifs is 1. The molecule has 0 aliphatic carbocycles. The molecule has 0 saturated carbocycles. The molecule has 0 atom stereocenters. The fourth-order valence-electron chi connectivity index (χ4n) is 5.45. The van der Waals surface area contributed by atoms with E-state index >= 15 is 0 Å². The van der Waals surface area contributed by atoms with E-state index in [0.29, 0.717) is 50.1 Å². The second-order valence-electron chi connectivity index (χ2n) is 11.8. The van der Waals surface area contributed by atoms with Gasteiger partial charge in [-0.2, -0.15) is 26.3 Å². The van der Waals surface area contributed by atoms with Crippen molar-refractivity contribution in [1.29, 1.82) is 0 Å². The molecule has 0 saturated heterocycles. The van der Waals surface area contributed by atoms with Crippen molar-refractivity contribution >= 4 is 56.0 Å². The van der Waals surface area contributed by atoms with Gasteiger partial charge in [-0.25, -0.2) is 13.6 Å². The number of nitrogens with zero attached hydrogens (tertiary/aromatic N) is 1. The number of ether oxygens (including phenoxy) is 2. The molecule has 16 heteroatoms. The maximum Gasteiger partial charge on any atom is 0.416 e. The molecular weight excluding hydrogens is 849 g/mol. The Morgan fingerprint density at radius 2 is 1.16 bits per heavy atom. The van der Waals surface area contributed by atoms with Crippen molar-refractivity contribution in [3.8, 4) is 11.5 Å². The van der Waals surface area contributed by atoms with Gasteiger partial charge in [0.15, 0.2) is 0 Å². The maximum atomic E-state index is 13.4. The van der Waals surface area contributed by atoms with Gasteiger partial charge >= 0.3 is 18.3 Å². The van der Waals surface area contributed by atoms with Crippen LogP contribution in [0, 0.1) is 11.6 Å². The number of benzene rings is 5. The maximum absolute atomic E-state index is 13.4. The number of carbonyl (C=O) groups is 1. The Morgan fingerprint density at radius 3 is 1.65 bits per heavy atom. The molecule has 0 fully saturated rings. The van der Waals surface area contributed by atoms with Gasteiger partial charge < -0.3 is 19.1 Å². The molecule has 1 N–H and O–H groups in total. The van der Waals surface area contributed by atoms with E-state index in [0.717, 1.165) is 35.2 Å². The fourth-order valence-corrected chi connectivity index (χ4v) is 6.28. The fraction of sp³-hybridized carbons (Fsp3) is 0.154. The lowest BCUT2D eigenvalue weighted by atomic mass is 10.1. The molecule has 0 aliphatic rings. The molecule has 288 valence electrons. The van der Waals surface area contributed by atoms with Crippen molar-refractivity contribution in [3.63, 3.8) is 0 Å². The Hall–Kier alpha value is -4.79. The van der Waals surface area contributed by atoms with Crippen molar-refractivity contribution in [1.82, 2.24) is 4.57 Å². The van der Waals surface area contributed by atoms with Crippen LogP contribution in [0.5, 0.6) is 11.5 Å². The summed E-state index contributed by atoms with van der Waals surface area (Å²) >= 11 is 15.2. The molecule has 1 heterocycles. The zero-order chi connectivity index (χ0) is 40.1. The van der Waals surface area contributed by atoms with Crippen LogP contribution in [0.25, 0.3) is 10.9 Å². The Labute approximate surface area is 326 Å². The number of alkyl halides is 7. The van der Waals surface area contributed by atoms with Crippen LogP contribution >= 0.6 is 39.1 Å². The summed E-state index contributed by atoms with van der Waals surface area (Å²) in [5, 5.41) is 11.2. The second-order valence-corrected chi connectivity index (χ2v) is 13.3. The number of rotatable bonds is 10. The van der Waals surface area contributed by atoms with Gasteiger partial charge in [0.2, 0.25) is 0 Å². The van der Waals surface area contributed by atoms with Gasteiger partial charge in [-0.15, -0.1) is 0 Å². The molecule has 55 heavy (non-hydrogen) atoms. The van der Waals surface area contributed by atoms with E-state index in [9.17, 15) is 39.9 Å². The van der Waals surface area contributed by atoms with Crippen LogP contribution in [0.3, 0.4) is 0 Å². The first-order valence-corrected chi connectivity index (χ1v) is 17.7. The van der Waals surface area contributed by atoms with Crippen molar-refractivity contribution in [2.24, 2.45) is 0 Å². The van der Waals surface area contributed by atoms with Gasteiger partial charge in [-0.3, -0.25) is 0 Å². The third-order valence-electron chi connectivity index (χ3n) is 8.07. The van der Waals surface area contributed by atoms with Gasteiger partial charge in [0, 0.05) is 54.7 Å². The Balaban J connectivity index is 0.000000229. The topological polar surface area (TPSA) is 60.7 Å². The van der Waals surface area contributed by atoms with Crippen LogP contribution in [0.1, 0.15) is 43.7 Å². The second kappa shape index (κ2) is 17.3. The van der Waals surface area contributed by atoms with E-state index in [1.165, 1.54) is 6.07 Å². The first kappa shape index (κ1) is 41.4. The largest absolute Gasteiger partial charge is 0.489 e. The average molecular weight is 875 g/mol. The molecule has 0 spiro atoms. The predicted molar refractivity (Wildman–Crippen MR) is 195 cm³/mol. The summed E-state index contributed by atoms with van der Waals surface area (Å²) in [5.74, 6) is -2.22. The zero-order valence-electron chi connectivity index (χ0n) is 27.9. The highest BCUT2D eigenvalue weighted by atomic mass is 79.9. The van der Waals surface area contributed by atoms with Crippen LogP contribution in [-0.2, 0) is 37.4 Å². The summed E-state index contributed by atoms with van der Waals surface area (Å²) in [5.41, 5.74) is -0.218. The van der Waals surface area contributed by atoms with E-state index in [-0.39, 0.29) is 29.8 Å². The van der Waals surface area contributed by atoms with Crippen molar-refractivity contribution < 1.29 is 54.5 Å². The lowest BCUT2D eigenvalue weighted by Gasteiger charge is -2.16. The molecule has 0 aliphatic heterocycles. The van der Waals surface area contributed by atoms with E-state index < -0.39 is 47.7 Å². The van der Waals surface area contributed by atoms with Crippen molar-refractivity contribution in [3.05, 3.63) is 164 Å². The number of halogens is 11. The number of aromatic nitrogens is 1. The Morgan fingerprint density at radius 1 is 0.655 bits per heavy atom. The van der Waals surface area contributed by atoms with Crippen LogP contribution in [0.4, 0.5) is 35.1 Å². The van der Waals surface area contributed by atoms with Gasteiger partial charge in [-0.05, 0) is 84.9 Å². The molecule has 0 unspecified atom stereocenters. The summed E-state index contributed by atoms with van der Waals surface area (Å²) in [6.45, 7) is -0.462. The first-order valence-electron chi connectivity index (χ1n) is 15.8. The molecule has 0 bridgehead atoms. The van der Waals surface area contributed by atoms with Gasteiger partial charge in [0.1, 0.15) is 36.3 Å². The summed E-state index contributed by atoms with van der Waals surface area (Å²) in [6.07, 6.45) is -7.59.